The molecule has 0 spiro atoms. The number of hydrogen-bond acceptors (Lipinski definition) is 6. The molecule has 0 saturated heterocycles. The van der Waals surface area contributed by atoms with Crippen molar-refractivity contribution in [2.45, 2.75) is 44.6 Å². The van der Waals surface area contributed by atoms with E-state index in [2.05, 4.69) is 15.1 Å². The van der Waals surface area contributed by atoms with Crippen molar-refractivity contribution in [3.8, 4) is 11.5 Å². The molecule has 0 aliphatic heterocycles. The number of fused-ring (bicyclic) bond motifs is 3. The minimum Gasteiger partial charge on any atom is -0.394 e. The zero-order valence-corrected chi connectivity index (χ0v) is 15.6. The average molecular weight is 379 g/mol. The molecule has 5 rings (SSSR count). The van der Waals surface area contributed by atoms with Crippen molar-refractivity contribution in [3.63, 3.8) is 0 Å². The molecule has 1 aliphatic carbocycles. The maximum absolute atomic E-state index is 13.4. The minimum atomic E-state index is -0.371. The van der Waals surface area contributed by atoms with Crippen LogP contribution in [0.25, 0.3) is 28.1 Å². The van der Waals surface area contributed by atoms with Gasteiger partial charge < -0.3 is 9.63 Å². The predicted octanol–water partition coefficient (Wildman–Crippen LogP) is 2.91. The molecule has 8 nitrogen and oxygen atoms in total. The van der Waals surface area contributed by atoms with Gasteiger partial charge in [-0.1, -0.05) is 30.1 Å². The Morgan fingerprint density at radius 3 is 2.75 bits per heavy atom. The number of hydrogen-bond donors (Lipinski definition) is 1. The maximum Gasteiger partial charge on any atom is 0.278 e. The van der Waals surface area contributed by atoms with E-state index < -0.39 is 0 Å². The van der Waals surface area contributed by atoms with E-state index in [4.69, 9.17) is 4.52 Å². The third-order valence-corrected chi connectivity index (χ3v) is 5.65. The van der Waals surface area contributed by atoms with Crippen LogP contribution in [0.4, 0.5) is 0 Å². The minimum absolute atomic E-state index is 0.141. The van der Waals surface area contributed by atoms with Gasteiger partial charge in [0.05, 0.1) is 23.7 Å². The zero-order chi connectivity index (χ0) is 19.3. The van der Waals surface area contributed by atoms with Crippen LogP contribution in [-0.2, 0) is 0 Å². The van der Waals surface area contributed by atoms with Crippen molar-refractivity contribution in [1.82, 2.24) is 24.1 Å². The number of aliphatic hydroxyl groups excluding tert-OH is 1. The number of nitrogens with zero attached hydrogens (tertiary/aromatic N) is 5. The van der Waals surface area contributed by atoms with E-state index in [1.54, 1.807) is 15.3 Å². The van der Waals surface area contributed by atoms with Crippen LogP contribution in [0.15, 0.2) is 39.9 Å². The molecule has 144 valence electrons. The first-order chi connectivity index (χ1) is 13.7. The summed E-state index contributed by atoms with van der Waals surface area (Å²) in [6.45, 7) is 1.67. The number of aliphatic hydroxyl groups is 1. The third-order valence-electron chi connectivity index (χ3n) is 5.65. The van der Waals surface area contributed by atoms with E-state index >= 15 is 0 Å². The predicted molar refractivity (Wildman–Crippen MR) is 103 cm³/mol. The highest BCUT2D eigenvalue weighted by atomic mass is 16.5. The van der Waals surface area contributed by atoms with Crippen LogP contribution in [0.1, 0.15) is 50.5 Å². The second kappa shape index (κ2) is 6.56. The molecule has 1 aromatic carbocycles. The largest absolute Gasteiger partial charge is 0.394 e. The molecule has 0 amide bonds. The second-order valence-corrected chi connectivity index (χ2v) is 7.44. The van der Waals surface area contributed by atoms with Gasteiger partial charge in [-0.3, -0.25) is 13.8 Å². The molecule has 1 aliphatic rings. The van der Waals surface area contributed by atoms with Gasteiger partial charge in [-0.2, -0.15) is 4.98 Å². The van der Waals surface area contributed by atoms with Crippen LogP contribution in [0.2, 0.25) is 0 Å². The Morgan fingerprint density at radius 1 is 1.25 bits per heavy atom. The molecule has 1 atom stereocenters. The Morgan fingerprint density at radius 2 is 2.00 bits per heavy atom. The smallest absolute Gasteiger partial charge is 0.278 e. The van der Waals surface area contributed by atoms with Crippen molar-refractivity contribution in [3.05, 3.63) is 46.8 Å². The molecule has 4 aromatic rings. The first-order valence-corrected chi connectivity index (χ1v) is 9.64. The van der Waals surface area contributed by atoms with Gasteiger partial charge in [-0.15, -0.1) is 0 Å². The van der Waals surface area contributed by atoms with Gasteiger partial charge in [0.2, 0.25) is 11.7 Å². The number of imidazole rings is 1. The molecule has 8 heteroatoms. The summed E-state index contributed by atoms with van der Waals surface area (Å²) in [5, 5.41) is 13.8. The number of rotatable bonds is 4. The summed E-state index contributed by atoms with van der Waals surface area (Å²) in [5.41, 5.74) is 2.13. The van der Waals surface area contributed by atoms with Crippen molar-refractivity contribution >= 4 is 16.6 Å². The fraction of sp³-hybridized carbons (Fsp3) is 0.400. The van der Waals surface area contributed by atoms with Gasteiger partial charge in [0.15, 0.2) is 0 Å². The Hall–Kier alpha value is -3.00. The summed E-state index contributed by atoms with van der Waals surface area (Å²) in [6.07, 6.45) is 6.07. The topological polar surface area (TPSA) is 98.5 Å². The van der Waals surface area contributed by atoms with Gasteiger partial charge in [0, 0.05) is 5.92 Å². The molecule has 3 heterocycles. The molecule has 1 N–H and O–H groups in total. The van der Waals surface area contributed by atoms with Gasteiger partial charge in [-0.25, -0.2) is 4.98 Å². The Kier molecular flexibility index (Phi) is 4.01. The number of benzene rings is 1. The lowest BCUT2D eigenvalue weighted by Gasteiger charge is -2.17. The molecule has 28 heavy (non-hydrogen) atoms. The highest BCUT2D eigenvalue weighted by Gasteiger charge is 2.26. The lowest BCUT2D eigenvalue weighted by molar-refractivity contribution is 0.239. The number of aromatic nitrogens is 5. The summed E-state index contributed by atoms with van der Waals surface area (Å²) < 4.78 is 8.86. The highest BCUT2D eigenvalue weighted by Crippen LogP contribution is 2.34. The van der Waals surface area contributed by atoms with E-state index in [1.807, 2.05) is 31.2 Å². The van der Waals surface area contributed by atoms with Crippen molar-refractivity contribution < 1.29 is 9.63 Å². The van der Waals surface area contributed by atoms with E-state index in [0.29, 0.717) is 28.8 Å². The van der Waals surface area contributed by atoms with E-state index in [-0.39, 0.29) is 18.2 Å². The van der Waals surface area contributed by atoms with Crippen LogP contribution < -0.4 is 5.56 Å². The van der Waals surface area contributed by atoms with Crippen LogP contribution in [0.5, 0.6) is 0 Å². The third kappa shape index (κ3) is 2.48. The molecule has 1 unspecified atom stereocenters. The Balaban J connectivity index is 1.76. The van der Waals surface area contributed by atoms with Crippen LogP contribution in [0.3, 0.4) is 0 Å². The lowest BCUT2D eigenvalue weighted by Crippen LogP contribution is -2.27. The summed E-state index contributed by atoms with van der Waals surface area (Å²) >= 11 is 0. The normalized spacial score (nSPS) is 16.4. The van der Waals surface area contributed by atoms with Gasteiger partial charge in [0.25, 0.3) is 5.56 Å². The monoisotopic (exact) mass is 379 g/mol. The summed E-state index contributed by atoms with van der Waals surface area (Å²) in [5.74, 6) is 1.25. The maximum atomic E-state index is 13.4. The van der Waals surface area contributed by atoms with Gasteiger partial charge >= 0.3 is 0 Å². The van der Waals surface area contributed by atoms with Gasteiger partial charge in [-0.05, 0) is 31.9 Å². The highest BCUT2D eigenvalue weighted by molar-refractivity contribution is 5.83. The quantitative estimate of drug-likeness (QED) is 0.585. The molecule has 1 fully saturated rings. The van der Waals surface area contributed by atoms with E-state index in [1.165, 1.54) is 12.8 Å². The average Bonchev–Trinajstić information content (AvgIpc) is 3.47. The fourth-order valence-corrected chi connectivity index (χ4v) is 4.18. The summed E-state index contributed by atoms with van der Waals surface area (Å²) in [6, 6.07) is 7.21. The Bertz CT molecular complexity index is 1220. The van der Waals surface area contributed by atoms with E-state index in [0.717, 1.165) is 23.9 Å². The molecular weight excluding hydrogens is 358 g/mol. The summed E-state index contributed by atoms with van der Waals surface area (Å²) in [7, 11) is 0. The molecule has 1 saturated carbocycles. The molecule has 3 aromatic heterocycles. The molecule has 0 radical (unpaired) electrons. The molecule has 0 bridgehead atoms. The van der Waals surface area contributed by atoms with Crippen LogP contribution in [0, 0.1) is 0 Å². The SMILES string of the molecule is CC(CO)n1c(=O)c2c(-c3noc(C4CCCC4)n3)ncn2c2ccccc21. The number of para-hydroxylation sites is 2. The first kappa shape index (κ1) is 17.1. The molecular formula is C20H21N5O3. The first-order valence-electron chi connectivity index (χ1n) is 9.64. The van der Waals surface area contributed by atoms with Crippen LogP contribution in [-0.4, -0.2) is 35.8 Å². The van der Waals surface area contributed by atoms with E-state index in [9.17, 15) is 9.90 Å². The van der Waals surface area contributed by atoms with Gasteiger partial charge in [0.1, 0.15) is 17.5 Å². The lowest BCUT2D eigenvalue weighted by atomic mass is 10.1. The fourth-order valence-electron chi connectivity index (χ4n) is 4.18. The van der Waals surface area contributed by atoms with Crippen molar-refractivity contribution in [2.75, 3.05) is 6.61 Å². The standard InChI is InChI=1S/C20H21N5O3/c1-12(10-26)25-15-9-5-4-8-14(15)24-11-21-16(17(24)20(25)27)18-22-19(28-23-18)13-6-2-3-7-13/h4-5,8-9,11-13,26H,2-3,6-7,10H2,1H3. The van der Waals surface area contributed by atoms with Crippen molar-refractivity contribution in [2.24, 2.45) is 0 Å². The Labute approximate surface area is 160 Å². The van der Waals surface area contributed by atoms with Crippen LogP contribution >= 0.6 is 0 Å². The zero-order valence-electron chi connectivity index (χ0n) is 15.6. The van der Waals surface area contributed by atoms with Crippen molar-refractivity contribution in [1.29, 1.82) is 0 Å². The summed E-state index contributed by atoms with van der Waals surface area (Å²) in [4.78, 5) is 22.4. The second-order valence-electron chi connectivity index (χ2n) is 7.44.